The van der Waals surface area contributed by atoms with E-state index in [2.05, 4.69) is 5.32 Å². The summed E-state index contributed by atoms with van der Waals surface area (Å²) in [5, 5.41) is 11.7. The molecule has 2 N–H and O–H groups in total. The van der Waals surface area contributed by atoms with Crippen LogP contribution in [0.3, 0.4) is 0 Å². The molecule has 0 heterocycles. The van der Waals surface area contributed by atoms with E-state index in [1.54, 1.807) is 6.92 Å². The van der Waals surface area contributed by atoms with Crippen molar-refractivity contribution in [2.75, 3.05) is 11.9 Å². The molecule has 0 saturated heterocycles. The molecule has 0 fully saturated rings. The fourth-order valence-corrected chi connectivity index (χ4v) is 0.872. The number of hydrogen-bond acceptors (Lipinski definition) is 2. The van der Waals surface area contributed by atoms with E-state index in [-0.39, 0.29) is 0 Å². The molecule has 1 atom stereocenters. The van der Waals surface area contributed by atoms with Crippen LogP contribution in [0.1, 0.15) is 6.92 Å². The first-order valence-corrected chi connectivity index (χ1v) is 3.96. The predicted octanol–water partition coefficient (Wildman–Crippen LogP) is 1.76. The fourth-order valence-electron chi connectivity index (χ4n) is 0.872. The Morgan fingerprint density at radius 1 is 1.38 bits per heavy atom. The van der Waals surface area contributed by atoms with Gasteiger partial charge in [0.15, 0.2) is 11.6 Å². The molecule has 4 heteroatoms. The number of benzene rings is 1. The largest absolute Gasteiger partial charge is 0.392 e. The number of anilines is 1. The molecule has 0 bridgehead atoms. The summed E-state index contributed by atoms with van der Waals surface area (Å²) in [6.07, 6.45) is -0.520. The molecule has 0 amide bonds. The first-order chi connectivity index (χ1) is 6.09. The van der Waals surface area contributed by atoms with Gasteiger partial charge in [-0.05, 0) is 19.1 Å². The molecule has 0 aliphatic heterocycles. The van der Waals surface area contributed by atoms with Gasteiger partial charge in [-0.1, -0.05) is 0 Å². The normalized spacial score (nSPS) is 12.6. The van der Waals surface area contributed by atoms with Crippen molar-refractivity contribution in [3.63, 3.8) is 0 Å². The molecule has 1 rings (SSSR count). The molecule has 72 valence electrons. The number of rotatable bonds is 3. The van der Waals surface area contributed by atoms with E-state index in [0.29, 0.717) is 12.2 Å². The molecular weight excluding hydrogens is 176 g/mol. The topological polar surface area (TPSA) is 32.3 Å². The first kappa shape index (κ1) is 9.92. The molecule has 1 aromatic rings. The van der Waals surface area contributed by atoms with Crippen molar-refractivity contribution in [3.05, 3.63) is 29.8 Å². The zero-order valence-electron chi connectivity index (χ0n) is 7.22. The number of halogens is 2. The van der Waals surface area contributed by atoms with E-state index in [9.17, 15) is 8.78 Å². The van der Waals surface area contributed by atoms with Crippen LogP contribution in [-0.2, 0) is 0 Å². The van der Waals surface area contributed by atoms with Gasteiger partial charge in [0.05, 0.1) is 6.10 Å². The van der Waals surface area contributed by atoms with Crippen molar-refractivity contribution in [2.45, 2.75) is 13.0 Å². The van der Waals surface area contributed by atoms with E-state index in [1.165, 1.54) is 6.07 Å². The lowest BCUT2D eigenvalue weighted by Crippen LogP contribution is -2.15. The van der Waals surface area contributed by atoms with E-state index in [0.717, 1.165) is 12.1 Å². The molecule has 0 radical (unpaired) electrons. The standard InChI is InChI=1S/C9H11F2NO/c1-6(13)5-12-7-2-3-8(10)9(11)4-7/h2-4,6,12-13H,5H2,1H3/t6-/m1/s1. The Balaban J connectivity index is 2.63. The Labute approximate surface area is 75.2 Å². The summed E-state index contributed by atoms with van der Waals surface area (Å²) in [5.74, 6) is -1.77. The maximum atomic E-state index is 12.6. The Hall–Kier alpha value is -1.16. The van der Waals surface area contributed by atoms with Crippen molar-refractivity contribution in [1.29, 1.82) is 0 Å². The van der Waals surface area contributed by atoms with Gasteiger partial charge in [-0.15, -0.1) is 0 Å². The van der Waals surface area contributed by atoms with E-state index < -0.39 is 17.7 Å². The van der Waals surface area contributed by atoms with Gasteiger partial charge in [-0.2, -0.15) is 0 Å². The summed E-state index contributed by atoms with van der Waals surface area (Å²) in [6.45, 7) is 1.91. The van der Waals surface area contributed by atoms with E-state index >= 15 is 0 Å². The monoisotopic (exact) mass is 187 g/mol. The average molecular weight is 187 g/mol. The zero-order valence-corrected chi connectivity index (χ0v) is 7.22. The smallest absolute Gasteiger partial charge is 0.160 e. The number of aliphatic hydroxyl groups is 1. The Bertz CT molecular complexity index is 289. The minimum absolute atomic E-state index is 0.311. The first-order valence-electron chi connectivity index (χ1n) is 3.96. The van der Waals surface area contributed by atoms with Crippen molar-refractivity contribution < 1.29 is 13.9 Å². The van der Waals surface area contributed by atoms with Gasteiger partial charge in [0.25, 0.3) is 0 Å². The lowest BCUT2D eigenvalue weighted by molar-refractivity contribution is 0.208. The van der Waals surface area contributed by atoms with Gasteiger partial charge in [0.1, 0.15) is 0 Å². The highest BCUT2D eigenvalue weighted by Gasteiger charge is 2.02. The average Bonchev–Trinajstić information content (AvgIpc) is 2.07. The Morgan fingerprint density at radius 2 is 2.08 bits per heavy atom. The molecule has 0 aliphatic carbocycles. The minimum Gasteiger partial charge on any atom is -0.392 e. The third-order valence-corrected chi connectivity index (χ3v) is 1.52. The SMILES string of the molecule is C[C@@H](O)CNc1ccc(F)c(F)c1. The molecular formula is C9H11F2NO. The summed E-state index contributed by atoms with van der Waals surface area (Å²) in [7, 11) is 0. The Kier molecular flexibility index (Phi) is 3.19. The number of nitrogens with one attached hydrogen (secondary N) is 1. The zero-order chi connectivity index (χ0) is 9.84. The molecule has 0 unspecified atom stereocenters. The fraction of sp³-hybridized carbons (Fsp3) is 0.333. The second-order valence-electron chi connectivity index (χ2n) is 2.86. The van der Waals surface area contributed by atoms with Crippen molar-refractivity contribution >= 4 is 5.69 Å². The number of aliphatic hydroxyl groups excluding tert-OH is 1. The summed E-state index contributed by atoms with van der Waals surface area (Å²) >= 11 is 0. The molecule has 0 aromatic heterocycles. The summed E-state index contributed by atoms with van der Waals surface area (Å²) in [5.41, 5.74) is 0.458. The second kappa shape index (κ2) is 4.18. The minimum atomic E-state index is -0.893. The van der Waals surface area contributed by atoms with Crippen LogP contribution in [0.25, 0.3) is 0 Å². The van der Waals surface area contributed by atoms with Crippen LogP contribution in [0, 0.1) is 11.6 Å². The highest BCUT2D eigenvalue weighted by atomic mass is 19.2. The predicted molar refractivity (Wildman–Crippen MR) is 46.5 cm³/mol. The van der Waals surface area contributed by atoms with Gasteiger partial charge in [-0.25, -0.2) is 8.78 Å². The number of hydrogen-bond donors (Lipinski definition) is 2. The van der Waals surface area contributed by atoms with Crippen LogP contribution in [0.5, 0.6) is 0 Å². The Morgan fingerprint density at radius 3 is 2.62 bits per heavy atom. The van der Waals surface area contributed by atoms with Gasteiger partial charge in [0, 0.05) is 18.3 Å². The van der Waals surface area contributed by atoms with Crippen LogP contribution in [0.15, 0.2) is 18.2 Å². The van der Waals surface area contributed by atoms with Gasteiger partial charge >= 0.3 is 0 Å². The maximum absolute atomic E-state index is 12.6. The highest BCUT2D eigenvalue weighted by Crippen LogP contribution is 2.12. The lowest BCUT2D eigenvalue weighted by Gasteiger charge is -2.08. The molecule has 0 spiro atoms. The van der Waals surface area contributed by atoms with E-state index in [1.807, 2.05) is 0 Å². The summed E-state index contributed by atoms with van der Waals surface area (Å²) in [6, 6.07) is 3.51. The van der Waals surface area contributed by atoms with Crippen LogP contribution < -0.4 is 5.32 Å². The lowest BCUT2D eigenvalue weighted by atomic mass is 10.3. The molecule has 2 nitrogen and oxygen atoms in total. The van der Waals surface area contributed by atoms with Crippen molar-refractivity contribution in [3.8, 4) is 0 Å². The van der Waals surface area contributed by atoms with Gasteiger partial charge in [-0.3, -0.25) is 0 Å². The van der Waals surface area contributed by atoms with Crippen LogP contribution >= 0.6 is 0 Å². The molecule has 1 aromatic carbocycles. The van der Waals surface area contributed by atoms with Gasteiger partial charge in [0.2, 0.25) is 0 Å². The van der Waals surface area contributed by atoms with Crippen molar-refractivity contribution in [2.24, 2.45) is 0 Å². The van der Waals surface area contributed by atoms with Crippen LogP contribution in [0.4, 0.5) is 14.5 Å². The third kappa shape index (κ3) is 2.99. The molecule has 0 aliphatic rings. The van der Waals surface area contributed by atoms with Crippen molar-refractivity contribution in [1.82, 2.24) is 0 Å². The molecule has 0 saturated carbocycles. The third-order valence-electron chi connectivity index (χ3n) is 1.52. The summed E-state index contributed by atoms with van der Waals surface area (Å²) in [4.78, 5) is 0. The van der Waals surface area contributed by atoms with Gasteiger partial charge < -0.3 is 10.4 Å². The highest BCUT2D eigenvalue weighted by molar-refractivity contribution is 5.43. The van der Waals surface area contributed by atoms with Crippen LogP contribution in [0.2, 0.25) is 0 Å². The maximum Gasteiger partial charge on any atom is 0.160 e. The van der Waals surface area contributed by atoms with E-state index in [4.69, 9.17) is 5.11 Å². The quantitative estimate of drug-likeness (QED) is 0.755. The molecule has 13 heavy (non-hydrogen) atoms. The van der Waals surface area contributed by atoms with Crippen LogP contribution in [-0.4, -0.2) is 17.8 Å². The summed E-state index contributed by atoms with van der Waals surface area (Å²) < 4.78 is 25.1. The second-order valence-corrected chi connectivity index (χ2v) is 2.86.